The molecule has 3 aromatic rings. The molecule has 5 aliphatic rings. The number of hydrogen-bond acceptors (Lipinski definition) is 5. The van der Waals surface area contributed by atoms with Gasteiger partial charge in [-0.25, -0.2) is 4.79 Å². The lowest BCUT2D eigenvalue weighted by atomic mass is 9.53. The first-order valence-corrected chi connectivity index (χ1v) is 17.4. The standard InChI is InChI=1S/C40H49N3O4/c1-3-16-43(2)25-35-20-37(32-10-8-27(26-44)9-11-32)47-38(46-35)33-14-12-31(13-15-33)36-7-5-4-6-34(36)24-41-39(45)42-40-21-28-17-29(22-40)19-30(18-28)23-40/h3-15,28-30,35,37-38,44H,1,16-26H2,2H3,(H2,41,42,45). The van der Waals surface area contributed by atoms with Gasteiger partial charge in [0.2, 0.25) is 0 Å². The van der Waals surface area contributed by atoms with Crippen molar-refractivity contribution in [2.45, 2.75) is 82.1 Å². The van der Waals surface area contributed by atoms with E-state index in [0.717, 1.165) is 89.9 Å². The van der Waals surface area contributed by atoms with Gasteiger partial charge in [0.25, 0.3) is 0 Å². The summed E-state index contributed by atoms with van der Waals surface area (Å²) in [6.07, 6.45) is 9.52. The molecule has 4 aliphatic carbocycles. The van der Waals surface area contributed by atoms with Gasteiger partial charge in [0, 0.05) is 37.2 Å². The zero-order chi connectivity index (χ0) is 32.4. The van der Waals surface area contributed by atoms with Crippen molar-refractivity contribution in [3.8, 4) is 11.1 Å². The van der Waals surface area contributed by atoms with E-state index in [2.05, 4.69) is 65.6 Å². The molecule has 1 heterocycles. The third-order valence-corrected chi connectivity index (χ3v) is 10.9. The highest BCUT2D eigenvalue weighted by molar-refractivity contribution is 5.76. The maximum Gasteiger partial charge on any atom is 0.315 e. The monoisotopic (exact) mass is 635 g/mol. The van der Waals surface area contributed by atoms with Gasteiger partial charge in [0.15, 0.2) is 6.29 Å². The van der Waals surface area contributed by atoms with E-state index in [1.54, 1.807) is 0 Å². The lowest BCUT2D eigenvalue weighted by molar-refractivity contribution is -0.252. The highest BCUT2D eigenvalue weighted by Gasteiger charge is 2.51. The molecule has 0 radical (unpaired) electrons. The van der Waals surface area contributed by atoms with Crippen LogP contribution in [0.4, 0.5) is 4.79 Å². The van der Waals surface area contributed by atoms with Gasteiger partial charge in [0.05, 0.1) is 18.8 Å². The largest absolute Gasteiger partial charge is 0.392 e. The number of aliphatic hydroxyl groups is 1. The summed E-state index contributed by atoms with van der Waals surface area (Å²) in [4.78, 5) is 15.4. The van der Waals surface area contributed by atoms with Crippen LogP contribution >= 0.6 is 0 Å². The fraction of sp³-hybridized carbons (Fsp3) is 0.475. The molecule has 0 spiro atoms. The first-order chi connectivity index (χ1) is 22.9. The molecule has 5 fully saturated rings. The summed E-state index contributed by atoms with van der Waals surface area (Å²) in [7, 11) is 2.08. The summed E-state index contributed by atoms with van der Waals surface area (Å²) in [5.74, 6) is 2.38. The Kier molecular flexibility index (Phi) is 9.51. The van der Waals surface area contributed by atoms with Gasteiger partial charge >= 0.3 is 6.03 Å². The maximum atomic E-state index is 13.2. The Balaban J connectivity index is 1.03. The fourth-order valence-electron chi connectivity index (χ4n) is 9.18. The minimum atomic E-state index is -0.507. The minimum absolute atomic E-state index is 0.000588. The molecule has 3 aromatic carbocycles. The molecule has 8 rings (SSSR count). The summed E-state index contributed by atoms with van der Waals surface area (Å²) in [6, 6.07) is 24.7. The molecule has 3 unspecified atom stereocenters. The second-order valence-electron chi connectivity index (χ2n) is 14.6. The van der Waals surface area contributed by atoms with Crippen LogP contribution in [-0.4, -0.2) is 47.8 Å². The third-order valence-electron chi connectivity index (χ3n) is 10.9. The number of carbonyl (C=O) groups excluding carboxylic acids is 1. The molecule has 1 aliphatic heterocycles. The third kappa shape index (κ3) is 7.34. The molecule has 2 amide bonds. The van der Waals surface area contributed by atoms with Crippen molar-refractivity contribution < 1.29 is 19.4 Å². The summed E-state index contributed by atoms with van der Waals surface area (Å²) < 4.78 is 13.1. The summed E-state index contributed by atoms with van der Waals surface area (Å²) in [6.45, 7) is 5.93. The molecule has 7 nitrogen and oxygen atoms in total. The Morgan fingerprint density at radius 3 is 2.23 bits per heavy atom. The molecule has 7 heteroatoms. The van der Waals surface area contributed by atoms with Crippen LogP contribution in [-0.2, 0) is 22.6 Å². The van der Waals surface area contributed by atoms with E-state index in [1.807, 2.05) is 42.5 Å². The lowest BCUT2D eigenvalue weighted by Gasteiger charge is -2.56. The Labute approximate surface area is 279 Å². The first-order valence-electron chi connectivity index (χ1n) is 17.4. The van der Waals surface area contributed by atoms with Crippen molar-refractivity contribution in [1.29, 1.82) is 0 Å². The van der Waals surface area contributed by atoms with E-state index < -0.39 is 6.29 Å². The van der Waals surface area contributed by atoms with E-state index in [0.29, 0.717) is 6.54 Å². The molecule has 0 aromatic heterocycles. The Morgan fingerprint density at radius 1 is 0.915 bits per heavy atom. The summed E-state index contributed by atoms with van der Waals surface area (Å²) in [5.41, 5.74) is 6.20. The molecule has 4 saturated carbocycles. The molecule has 248 valence electrons. The Morgan fingerprint density at radius 2 is 1.57 bits per heavy atom. The average molecular weight is 636 g/mol. The number of benzene rings is 3. The molecule has 3 N–H and O–H groups in total. The topological polar surface area (TPSA) is 83.1 Å². The van der Waals surface area contributed by atoms with Crippen molar-refractivity contribution in [2.75, 3.05) is 20.1 Å². The molecular formula is C40H49N3O4. The minimum Gasteiger partial charge on any atom is -0.392 e. The molecular weight excluding hydrogens is 586 g/mol. The smallest absolute Gasteiger partial charge is 0.315 e. The quantitative estimate of drug-likeness (QED) is 0.193. The van der Waals surface area contributed by atoms with E-state index >= 15 is 0 Å². The highest BCUT2D eigenvalue weighted by atomic mass is 16.7. The van der Waals surface area contributed by atoms with Gasteiger partial charge < -0.3 is 30.1 Å². The molecule has 47 heavy (non-hydrogen) atoms. The second-order valence-corrected chi connectivity index (χ2v) is 14.6. The summed E-state index contributed by atoms with van der Waals surface area (Å²) >= 11 is 0. The Bertz CT molecular complexity index is 1500. The predicted octanol–water partition coefficient (Wildman–Crippen LogP) is 7.28. The molecule has 4 bridgehead atoms. The van der Waals surface area contributed by atoms with Crippen LogP contribution in [0.2, 0.25) is 0 Å². The van der Waals surface area contributed by atoms with Crippen molar-refractivity contribution in [1.82, 2.24) is 15.5 Å². The van der Waals surface area contributed by atoms with Crippen molar-refractivity contribution in [3.05, 3.63) is 108 Å². The van der Waals surface area contributed by atoms with Crippen LogP contribution < -0.4 is 10.6 Å². The van der Waals surface area contributed by atoms with Crippen LogP contribution in [0.25, 0.3) is 11.1 Å². The van der Waals surface area contributed by atoms with Crippen LogP contribution in [0.3, 0.4) is 0 Å². The number of rotatable bonds is 11. The number of nitrogens with one attached hydrogen (secondary N) is 2. The SMILES string of the molecule is C=CCN(C)CC1CC(c2ccc(CO)cc2)OC(c2ccc(-c3ccccc3CNC(=O)NC34CC5CC(CC(C5)C3)C4)cc2)O1. The second kappa shape index (κ2) is 13.9. The van der Waals surface area contributed by atoms with Crippen molar-refractivity contribution >= 4 is 6.03 Å². The van der Waals surface area contributed by atoms with Crippen LogP contribution in [0.15, 0.2) is 85.5 Å². The lowest BCUT2D eigenvalue weighted by Crippen LogP contribution is -2.61. The van der Waals surface area contributed by atoms with Gasteiger partial charge in [-0.15, -0.1) is 6.58 Å². The molecule has 3 atom stereocenters. The first kappa shape index (κ1) is 32.1. The fourth-order valence-corrected chi connectivity index (χ4v) is 9.18. The number of likely N-dealkylation sites (N-methyl/N-ethyl adjacent to an activating group) is 1. The number of amides is 2. The van der Waals surface area contributed by atoms with E-state index in [-0.39, 0.29) is 30.4 Å². The average Bonchev–Trinajstić information content (AvgIpc) is 3.07. The normalized spacial score (nSPS) is 29.5. The predicted molar refractivity (Wildman–Crippen MR) is 184 cm³/mol. The number of ether oxygens (including phenoxy) is 2. The maximum absolute atomic E-state index is 13.2. The Hall–Kier alpha value is -3.49. The van der Waals surface area contributed by atoms with Gasteiger partial charge in [0.1, 0.15) is 0 Å². The van der Waals surface area contributed by atoms with E-state index in [9.17, 15) is 9.90 Å². The number of carbonyl (C=O) groups is 1. The number of hydrogen-bond donors (Lipinski definition) is 3. The van der Waals surface area contributed by atoms with Gasteiger partial charge in [-0.05, 0) is 91.1 Å². The van der Waals surface area contributed by atoms with Crippen molar-refractivity contribution in [3.63, 3.8) is 0 Å². The zero-order valence-corrected chi connectivity index (χ0v) is 27.6. The zero-order valence-electron chi connectivity index (χ0n) is 27.6. The van der Waals surface area contributed by atoms with Crippen LogP contribution in [0.1, 0.15) is 79.6 Å². The van der Waals surface area contributed by atoms with Crippen LogP contribution in [0, 0.1) is 17.8 Å². The summed E-state index contributed by atoms with van der Waals surface area (Å²) in [5, 5.41) is 16.1. The van der Waals surface area contributed by atoms with Gasteiger partial charge in [-0.1, -0.05) is 78.9 Å². The number of nitrogens with zero attached hydrogens (tertiary/aromatic N) is 1. The van der Waals surface area contributed by atoms with Gasteiger partial charge in [-0.3, -0.25) is 0 Å². The number of aliphatic hydroxyl groups excluding tert-OH is 1. The van der Waals surface area contributed by atoms with E-state index in [1.165, 1.54) is 19.3 Å². The molecule has 1 saturated heterocycles. The highest BCUT2D eigenvalue weighted by Crippen LogP contribution is 2.55. The van der Waals surface area contributed by atoms with E-state index in [4.69, 9.17) is 9.47 Å². The number of urea groups is 1. The van der Waals surface area contributed by atoms with Crippen molar-refractivity contribution in [2.24, 2.45) is 17.8 Å². The van der Waals surface area contributed by atoms with Crippen LogP contribution in [0.5, 0.6) is 0 Å². The van der Waals surface area contributed by atoms with Gasteiger partial charge in [-0.2, -0.15) is 0 Å².